The highest BCUT2D eigenvalue weighted by Gasteiger charge is 2.27. The molecule has 0 saturated heterocycles. The van der Waals surface area contributed by atoms with Crippen LogP contribution in [0.2, 0.25) is 0 Å². The third kappa shape index (κ3) is 4.20. The van der Waals surface area contributed by atoms with Gasteiger partial charge in [-0.25, -0.2) is 4.79 Å². The van der Waals surface area contributed by atoms with Crippen LogP contribution in [0.5, 0.6) is 0 Å². The molecule has 0 bridgehead atoms. The zero-order valence-electron chi connectivity index (χ0n) is 11.4. The topological polar surface area (TPSA) is 60.9 Å². The molecule has 18 heavy (non-hydrogen) atoms. The number of hydrogen-bond acceptors (Lipinski definition) is 2. The van der Waals surface area contributed by atoms with Crippen LogP contribution in [0.15, 0.2) is 0 Å². The lowest BCUT2D eigenvalue weighted by Crippen LogP contribution is -2.46. The van der Waals surface area contributed by atoms with Crippen molar-refractivity contribution in [1.82, 2.24) is 9.80 Å². The maximum atomic E-state index is 12.2. The third-order valence-electron chi connectivity index (χ3n) is 3.56. The monoisotopic (exact) mass is 256 g/mol. The minimum Gasteiger partial charge on any atom is -0.481 e. The molecule has 0 aromatic heterocycles. The number of nitrogens with zero attached hydrogens (tertiary/aromatic N) is 2. The summed E-state index contributed by atoms with van der Waals surface area (Å²) in [5.74, 6) is -0.806. The summed E-state index contributed by atoms with van der Waals surface area (Å²) in [7, 11) is 1.75. The first-order chi connectivity index (χ1) is 8.56. The number of rotatable bonds is 6. The summed E-state index contributed by atoms with van der Waals surface area (Å²) in [5, 5.41) is 8.58. The van der Waals surface area contributed by atoms with E-state index >= 15 is 0 Å². The van der Waals surface area contributed by atoms with Gasteiger partial charge in [0.05, 0.1) is 0 Å². The fourth-order valence-electron chi connectivity index (χ4n) is 2.55. The van der Waals surface area contributed by atoms with Crippen molar-refractivity contribution in [2.24, 2.45) is 0 Å². The standard InChI is InChI=1S/C13H24N2O3/c1-3-15(11-7-4-5-8-11)13(18)14(2)10-6-9-12(16)17/h11H,3-10H2,1-2H3,(H,16,17). The maximum Gasteiger partial charge on any atom is 0.319 e. The van der Waals surface area contributed by atoms with Crippen LogP contribution in [0, 0.1) is 0 Å². The number of urea groups is 1. The highest BCUT2D eigenvalue weighted by atomic mass is 16.4. The van der Waals surface area contributed by atoms with Gasteiger partial charge in [-0.1, -0.05) is 12.8 Å². The van der Waals surface area contributed by atoms with Crippen LogP contribution in [0.4, 0.5) is 4.79 Å². The van der Waals surface area contributed by atoms with Gasteiger partial charge in [0.15, 0.2) is 0 Å². The molecule has 0 atom stereocenters. The predicted octanol–water partition coefficient (Wildman–Crippen LogP) is 2.17. The van der Waals surface area contributed by atoms with Crippen molar-refractivity contribution >= 4 is 12.0 Å². The van der Waals surface area contributed by atoms with Gasteiger partial charge in [-0.05, 0) is 26.2 Å². The Morgan fingerprint density at radius 3 is 2.39 bits per heavy atom. The smallest absolute Gasteiger partial charge is 0.319 e. The molecule has 1 saturated carbocycles. The average molecular weight is 256 g/mol. The molecule has 0 heterocycles. The van der Waals surface area contributed by atoms with Crippen molar-refractivity contribution < 1.29 is 14.7 Å². The van der Waals surface area contributed by atoms with Crippen LogP contribution < -0.4 is 0 Å². The number of aliphatic carboxylic acids is 1. The van der Waals surface area contributed by atoms with Gasteiger partial charge in [0.1, 0.15) is 0 Å². The first kappa shape index (κ1) is 14.8. The Balaban J connectivity index is 2.41. The molecular formula is C13H24N2O3. The van der Waals surface area contributed by atoms with E-state index in [2.05, 4.69) is 0 Å². The second-order valence-corrected chi connectivity index (χ2v) is 4.93. The highest BCUT2D eigenvalue weighted by Crippen LogP contribution is 2.24. The normalized spacial score (nSPS) is 15.7. The van der Waals surface area contributed by atoms with Crippen LogP contribution in [0.3, 0.4) is 0 Å². The minimum absolute atomic E-state index is 0.0368. The van der Waals surface area contributed by atoms with Crippen molar-refractivity contribution in [3.8, 4) is 0 Å². The minimum atomic E-state index is -0.806. The molecule has 5 nitrogen and oxygen atoms in total. The number of carboxylic acids is 1. The van der Waals surface area contributed by atoms with E-state index in [9.17, 15) is 9.59 Å². The van der Waals surface area contributed by atoms with Crippen molar-refractivity contribution in [3.63, 3.8) is 0 Å². The SMILES string of the molecule is CCN(C(=O)N(C)CCCC(=O)O)C1CCCC1. The van der Waals surface area contributed by atoms with Gasteiger partial charge in [-0.3, -0.25) is 4.79 Å². The van der Waals surface area contributed by atoms with E-state index in [0.29, 0.717) is 19.0 Å². The van der Waals surface area contributed by atoms with Crippen molar-refractivity contribution in [1.29, 1.82) is 0 Å². The Morgan fingerprint density at radius 1 is 1.28 bits per heavy atom. The van der Waals surface area contributed by atoms with E-state index < -0.39 is 5.97 Å². The number of hydrogen-bond donors (Lipinski definition) is 1. The summed E-state index contributed by atoms with van der Waals surface area (Å²) in [4.78, 5) is 26.2. The number of carbonyl (C=O) groups is 2. The molecule has 1 rings (SSSR count). The van der Waals surface area contributed by atoms with Gasteiger partial charge >= 0.3 is 12.0 Å². The molecule has 1 N–H and O–H groups in total. The number of carboxylic acid groups (broad SMARTS) is 1. The van der Waals surface area contributed by atoms with E-state index in [1.54, 1.807) is 11.9 Å². The fraction of sp³-hybridized carbons (Fsp3) is 0.846. The van der Waals surface area contributed by atoms with Gasteiger partial charge in [0.2, 0.25) is 0 Å². The van der Waals surface area contributed by atoms with Crippen molar-refractivity contribution in [3.05, 3.63) is 0 Å². The Labute approximate surface area is 109 Å². The van der Waals surface area contributed by atoms with Gasteiger partial charge in [0, 0.05) is 32.6 Å². The van der Waals surface area contributed by atoms with E-state index in [1.807, 2.05) is 11.8 Å². The quantitative estimate of drug-likeness (QED) is 0.792. The summed E-state index contributed by atoms with van der Waals surface area (Å²) in [5.41, 5.74) is 0. The predicted molar refractivity (Wildman–Crippen MR) is 69.5 cm³/mol. The van der Waals surface area contributed by atoms with Crippen LogP contribution >= 0.6 is 0 Å². The number of carbonyl (C=O) groups excluding carboxylic acids is 1. The first-order valence-electron chi connectivity index (χ1n) is 6.79. The van der Waals surface area contributed by atoms with Crippen LogP contribution in [-0.2, 0) is 4.79 Å². The first-order valence-corrected chi connectivity index (χ1v) is 6.79. The molecule has 0 aromatic carbocycles. The van der Waals surface area contributed by atoms with Crippen molar-refractivity contribution in [2.75, 3.05) is 20.1 Å². The lowest BCUT2D eigenvalue weighted by Gasteiger charge is -2.32. The molecule has 0 aromatic rings. The van der Waals surface area contributed by atoms with Crippen LogP contribution in [0.1, 0.15) is 45.4 Å². The molecule has 1 aliphatic carbocycles. The molecular weight excluding hydrogens is 232 g/mol. The van der Waals surface area contributed by atoms with Gasteiger partial charge in [-0.15, -0.1) is 0 Å². The fourth-order valence-corrected chi connectivity index (χ4v) is 2.55. The molecule has 0 spiro atoms. The Bertz CT molecular complexity index is 288. The maximum absolute atomic E-state index is 12.2. The second-order valence-electron chi connectivity index (χ2n) is 4.93. The number of amides is 2. The molecule has 5 heteroatoms. The van der Waals surface area contributed by atoms with E-state index in [4.69, 9.17) is 5.11 Å². The molecule has 0 radical (unpaired) electrons. The molecule has 104 valence electrons. The molecule has 1 aliphatic rings. The van der Waals surface area contributed by atoms with E-state index in [1.165, 1.54) is 12.8 Å². The Kier molecular flexibility index (Phi) is 5.95. The van der Waals surface area contributed by atoms with Gasteiger partial charge < -0.3 is 14.9 Å². The Hall–Kier alpha value is -1.26. The second kappa shape index (κ2) is 7.24. The molecule has 1 fully saturated rings. The van der Waals surface area contributed by atoms with Gasteiger partial charge in [0.25, 0.3) is 0 Å². The average Bonchev–Trinajstić information content (AvgIpc) is 2.83. The van der Waals surface area contributed by atoms with Crippen LogP contribution in [0.25, 0.3) is 0 Å². The molecule has 2 amide bonds. The zero-order valence-corrected chi connectivity index (χ0v) is 11.4. The summed E-state index contributed by atoms with van der Waals surface area (Å²) in [6, 6.07) is 0.416. The zero-order chi connectivity index (χ0) is 13.5. The summed E-state index contributed by atoms with van der Waals surface area (Å²) >= 11 is 0. The van der Waals surface area contributed by atoms with Gasteiger partial charge in [-0.2, -0.15) is 0 Å². The molecule has 0 aliphatic heterocycles. The highest BCUT2D eigenvalue weighted by molar-refractivity contribution is 5.74. The Morgan fingerprint density at radius 2 is 1.89 bits per heavy atom. The third-order valence-corrected chi connectivity index (χ3v) is 3.56. The van der Waals surface area contributed by atoms with Crippen LogP contribution in [-0.4, -0.2) is 53.1 Å². The van der Waals surface area contributed by atoms with Crippen molar-refractivity contribution in [2.45, 2.75) is 51.5 Å². The lowest BCUT2D eigenvalue weighted by molar-refractivity contribution is -0.137. The van der Waals surface area contributed by atoms with E-state index in [0.717, 1.165) is 19.4 Å². The summed E-state index contributed by atoms with van der Waals surface area (Å²) in [6.45, 7) is 3.24. The summed E-state index contributed by atoms with van der Waals surface area (Å²) < 4.78 is 0. The van der Waals surface area contributed by atoms with E-state index in [-0.39, 0.29) is 12.5 Å². The largest absolute Gasteiger partial charge is 0.481 e. The lowest BCUT2D eigenvalue weighted by atomic mass is 10.2. The molecule has 0 unspecified atom stereocenters. The summed E-state index contributed by atoms with van der Waals surface area (Å²) in [6.07, 6.45) is 5.24.